The average Bonchev–Trinajstić information content (AvgIpc) is 3.74. The second-order valence-electron chi connectivity index (χ2n) is 17.7. The van der Waals surface area contributed by atoms with E-state index in [4.69, 9.17) is 4.99 Å². The SMILES string of the molecule is c1ccc(-c2ccc(C3=NC(Nc4ccc(-c5ccccc5)cc4-c4ccc5c6ccccc6n(Cc6ccc(-c7ccccc7)cc6-c6ccccc6)c5c4)NC(c4ccccc4)N3)cc2)cc1. The number of para-hydroxylation sites is 1. The van der Waals surface area contributed by atoms with Gasteiger partial charge in [-0.25, -0.2) is 4.99 Å². The van der Waals surface area contributed by atoms with E-state index < -0.39 is 6.29 Å². The number of nitrogens with zero attached hydrogens (tertiary/aromatic N) is 2. The molecule has 2 heterocycles. The molecule has 0 fully saturated rings. The molecule has 1 aliphatic rings. The van der Waals surface area contributed by atoms with Crippen LogP contribution < -0.4 is 16.0 Å². The molecule has 0 spiro atoms. The van der Waals surface area contributed by atoms with Gasteiger partial charge in [0.15, 0.2) is 6.29 Å². The van der Waals surface area contributed by atoms with Crippen LogP contribution in [-0.2, 0) is 6.54 Å². The maximum absolute atomic E-state index is 5.32. The number of aliphatic imine (C=N–C) groups is 1. The van der Waals surface area contributed by atoms with Crippen LogP contribution in [0.3, 0.4) is 0 Å². The van der Waals surface area contributed by atoms with Gasteiger partial charge >= 0.3 is 0 Å². The van der Waals surface area contributed by atoms with Gasteiger partial charge in [0, 0.05) is 39.6 Å². The van der Waals surface area contributed by atoms with Gasteiger partial charge in [-0.15, -0.1) is 0 Å². The number of rotatable bonds is 11. The van der Waals surface area contributed by atoms with Crippen molar-refractivity contribution in [3.63, 3.8) is 0 Å². The number of hydrogen-bond acceptors (Lipinski definition) is 4. The van der Waals surface area contributed by atoms with E-state index in [9.17, 15) is 0 Å². The van der Waals surface area contributed by atoms with Crippen molar-refractivity contribution in [1.82, 2.24) is 15.2 Å². The first-order valence-electron chi connectivity index (χ1n) is 23.7. The molecule has 5 nitrogen and oxygen atoms in total. The Hall–Kier alpha value is -8.77. The van der Waals surface area contributed by atoms with Gasteiger partial charge in [0.25, 0.3) is 0 Å². The molecule has 5 heteroatoms. The van der Waals surface area contributed by atoms with Gasteiger partial charge in [-0.2, -0.15) is 0 Å². The van der Waals surface area contributed by atoms with E-state index in [1.807, 2.05) is 0 Å². The van der Waals surface area contributed by atoms with Crippen molar-refractivity contribution in [2.24, 2.45) is 4.99 Å². The quantitative estimate of drug-likeness (QED) is 0.121. The third-order valence-electron chi connectivity index (χ3n) is 13.4. The van der Waals surface area contributed by atoms with Gasteiger partial charge in [-0.05, 0) is 91.5 Å². The summed E-state index contributed by atoms with van der Waals surface area (Å²) < 4.78 is 2.50. The summed E-state index contributed by atoms with van der Waals surface area (Å²) in [6.07, 6.45) is -0.640. The van der Waals surface area contributed by atoms with Crippen LogP contribution in [0.5, 0.6) is 0 Å². The second kappa shape index (κ2) is 18.5. The predicted molar refractivity (Wildman–Crippen MR) is 288 cm³/mol. The van der Waals surface area contributed by atoms with Crippen molar-refractivity contribution in [3.8, 4) is 55.6 Å². The van der Waals surface area contributed by atoms with Crippen molar-refractivity contribution in [3.05, 3.63) is 271 Å². The van der Waals surface area contributed by atoms with Crippen LogP contribution in [0.15, 0.2) is 260 Å². The first-order valence-corrected chi connectivity index (χ1v) is 23.7. The van der Waals surface area contributed by atoms with Crippen molar-refractivity contribution in [2.45, 2.75) is 19.0 Å². The summed E-state index contributed by atoms with van der Waals surface area (Å²) >= 11 is 0. The van der Waals surface area contributed by atoms with Crippen molar-refractivity contribution in [1.29, 1.82) is 0 Å². The molecule has 10 aromatic carbocycles. The number of amidine groups is 1. The summed E-state index contributed by atoms with van der Waals surface area (Å²) in [5.41, 5.74) is 18.5. The largest absolute Gasteiger partial charge is 0.351 e. The minimum Gasteiger partial charge on any atom is -0.351 e. The Bertz CT molecular complexity index is 3590. The predicted octanol–water partition coefficient (Wildman–Crippen LogP) is 15.2. The zero-order valence-corrected chi connectivity index (χ0v) is 38.0. The molecule has 1 aliphatic heterocycles. The van der Waals surface area contributed by atoms with E-state index in [0.717, 1.165) is 44.9 Å². The highest BCUT2D eigenvalue weighted by Gasteiger charge is 2.26. The maximum atomic E-state index is 5.32. The lowest BCUT2D eigenvalue weighted by Crippen LogP contribution is -2.51. The monoisotopic (exact) mass is 887 g/mol. The molecule has 12 rings (SSSR count). The van der Waals surface area contributed by atoms with E-state index in [1.165, 1.54) is 60.8 Å². The number of nitrogens with one attached hydrogen (secondary N) is 3. The molecule has 0 saturated carbocycles. The van der Waals surface area contributed by atoms with Gasteiger partial charge in [0.05, 0.1) is 5.52 Å². The van der Waals surface area contributed by atoms with Crippen LogP contribution >= 0.6 is 0 Å². The first kappa shape index (κ1) is 41.6. The summed E-state index contributed by atoms with van der Waals surface area (Å²) in [6.45, 7) is 0.700. The Morgan fingerprint density at radius 3 is 1.55 bits per heavy atom. The topological polar surface area (TPSA) is 53.4 Å². The Morgan fingerprint density at radius 2 is 0.884 bits per heavy atom. The summed E-state index contributed by atoms with van der Waals surface area (Å²) in [5, 5.41) is 13.9. The molecular weight excluding hydrogens is 839 g/mol. The Balaban J connectivity index is 0.967. The van der Waals surface area contributed by atoms with Gasteiger partial charge in [-0.3, -0.25) is 5.32 Å². The summed E-state index contributed by atoms with van der Waals surface area (Å²) in [5.74, 6) is 0.819. The third kappa shape index (κ3) is 8.48. The van der Waals surface area contributed by atoms with Crippen LogP contribution in [0.4, 0.5) is 5.69 Å². The van der Waals surface area contributed by atoms with Gasteiger partial charge in [-0.1, -0.05) is 224 Å². The maximum Gasteiger partial charge on any atom is 0.177 e. The van der Waals surface area contributed by atoms with Gasteiger partial charge < -0.3 is 15.2 Å². The summed E-state index contributed by atoms with van der Waals surface area (Å²) in [4.78, 5) is 5.32. The molecule has 0 saturated heterocycles. The van der Waals surface area contributed by atoms with E-state index in [0.29, 0.717) is 6.54 Å². The normalized spacial score (nSPS) is 14.6. The zero-order chi connectivity index (χ0) is 45.9. The highest BCUT2D eigenvalue weighted by Crippen LogP contribution is 2.39. The fourth-order valence-corrected chi connectivity index (χ4v) is 9.88. The van der Waals surface area contributed by atoms with Crippen LogP contribution in [0.1, 0.15) is 22.9 Å². The third-order valence-corrected chi connectivity index (χ3v) is 13.4. The van der Waals surface area contributed by atoms with Crippen molar-refractivity contribution in [2.75, 3.05) is 5.32 Å². The molecular formula is C64H49N5. The molecule has 1 aromatic heterocycles. The average molecular weight is 888 g/mol. The minimum atomic E-state index is -0.452. The number of fused-ring (bicyclic) bond motifs is 3. The van der Waals surface area contributed by atoms with Crippen LogP contribution in [-0.4, -0.2) is 16.7 Å². The molecule has 69 heavy (non-hydrogen) atoms. The van der Waals surface area contributed by atoms with Crippen LogP contribution in [0, 0.1) is 0 Å². The Kier molecular flexibility index (Phi) is 11.2. The van der Waals surface area contributed by atoms with Crippen molar-refractivity contribution < 1.29 is 0 Å². The zero-order valence-electron chi connectivity index (χ0n) is 38.0. The molecule has 0 amide bonds. The van der Waals surface area contributed by atoms with E-state index in [1.54, 1.807) is 0 Å². The number of benzene rings is 10. The molecule has 330 valence electrons. The minimum absolute atomic E-state index is 0.188. The molecule has 3 N–H and O–H groups in total. The molecule has 0 radical (unpaired) electrons. The fraction of sp³-hybridized carbons (Fsp3) is 0.0469. The van der Waals surface area contributed by atoms with Crippen molar-refractivity contribution >= 4 is 33.3 Å². The smallest absolute Gasteiger partial charge is 0.177 e. The van der Waals surface area contributed by atoms with Crippen LogP contribution in [0.2, 0.25) is 0 Å². The van der Waals surface area contributed by atoms with E-state index in [-0.39, 0.29) is 6.17 Å². The number of anilines is 1. The molecule has 2 unspecified atom stereocenters. The lowest BCUT2D eigenvalue weighted by Gasteiger charge is -2.33. The molecule has 0 bridgehead atoms. The Labute approximate surface area is 403 Å². The first-order chi connectivity index (χ1) is 34.2. The van der Waals surface area contributed by atoms with Gasteiger partial charge in [0.2, 0.25) is 0 Å². The lowest BCUT2D eigenvalue weighted by molar-refractivity contribution is 0.426. The molecule has 0 aliphatic carbocycles. The summed E-state index contributed by atoms with van der Waals surface area (Å²) in [7, 11) is 0. The number of aromatic nitrogens is 1. The highest BCUT2D eigenvalue weighted by atomic mass is 15.4. The standard InChI is InChI=1S/C64H49N5/c1-6-18-44(19-7-1)47-30-32-50(33-31-47)63-66-62(49-26-14-5-15-27-49)67-64(68-63)65-59-39-37-52(46-22-10-3-11-23-46)41-58(59)53-36-38-56-55-28-16-17-29-60(55)69(61(56)42-53)43-54-35-34-51(45-20-8-2-9-21-45)40-57(54)48-24-12-4-13-25-48/h1-42,62,64-65,67H,43H2,(H,66,68). The number of hydrogen-bond donors (Lipinski definition) is 3. The van der Waals surface area contributed by atoms with Crippen LogP contribution in [0.25, 0.3) is 77.4 Å². The fourth-order valence-electron chi connectivity index (χ4n) is 9.88. The van der Waals surface area contributed by atoms with Gasteiger partial charge in [0.1, 0.15) is 12.0 Å². The van der Waals surface area contributed by atoms with E-state index >= 15 is 0 Å². The molecule has 11 aromatic rings. The Morgan fingerprint density at radius 1 is 0.391 bits per heavy atom. The second-order valence-corrected chi connectivity index (χ2v) is 17.7. The van der Waals surface area contributed by atoms with E-state index in [2.05, 4.69) is 275 Å². The summed E-state index contributed by atoms with van der Waals surface area (Å²) in [6, 6.07) is 91.3. The highest BCUT2D eigenvalue weighted by molar-refractivity contribution is 6.09. The molecule has 2 atom stereocenters. The lowest BCUT2D eigenvalue weighted by atomic mass is 9.94.